The summed E-state index contributed by atoms with van der Waals surface area (Å²) in [5, 5.41) is 3.16. The van der Waals surface area contributed by atoms with E-state index < -0.39 is 0 Å². The average Bonchev–Trinajstić information content (AvgIpc) is 3.10. The molecule has 1 saturated carbocycles. The van der Waals surface area contributed by atoms with Crippen LogP contribution in [0.15, 0.2) is 18.2 Å². The number of fused-ring (bicyclic) bond motifs is 2. The summed E-state index contributed by atoms with van der Waals surface area (Å²) in [7, 11) is 1.82. The van der Waals surface area contributed by atoms with Gasteiger partial charge in [0.25, 0.3) is 0 Å². The summed E-state index contributed by atoms with van der Waals surface area (Å²) < 4.78 is 10.7. The quantitative estimate of drug-likeness (QED) is 0.825. The second kappa shape index (κ2) is 4.46. The molecule has 2 heterocycles. The van der Waals surface area contributed by atoms with Gasteiger partial charge in [-0.3, -0.25) is 14.5 Å². The number of hydrogen-bond donors (Lipinski definition) is 1. The fourth-order valence-electron chi connectivity index (χ4n) is 3.11. The molecule has 1 aliphatic carbocycles. The first-order valence-corrected chi connectivity index (χ1v) is 7.11. The maximum atomic E-state index is 12.1. The first kappa shape index (κ1) is 12.6. The molecule has 3 aliphatic rings. The van der Waals surface area contributed by atoms with Crippen molar-refractivity contribution in [3.63, 3.8) is 0 Å². The van der Waals surface area contributed by atoms with E-state index in [1.807, 2.05) is 25.2 Å². The topological polar surface area (TPSA) is 67.9 Å². The number of piperidine rings is 1. The Morgan fingerprint density at radius 1 is 1.24 bits per heavy atom. The molecule has 3 atom stereocenters. The molecule has 2 fully saturated rings. The van der Waals surface area contributed by atoms with Crippen LogP contribution in [0.2, 0.25) is 0 Å². The summed E-state index contributed by atoms with van der Waals surface area (Å²) >= 11 is 0. The van der Waals surface area contributed by atoms with Crippen molar-refractivity contribution in [1.82, 2.24) is 10.2 Å². The number of benzene rings is 1. The van der Waals surface area contributed by atoms with Crippen LogP contribution in [0.3, 0.4) is 0 Å². The Balaban J connectivity index is 1.55. The molecule has 0 spiro atoms. The predicted molar refractivity (Wildman–Crippen MR) is 72.7 cm³/mol. The van der Waals surface area contributed by atoms with Gasteiger partial charge in [-0.25, -0.2) is 0 Å². The first-order valence-electron chi connectivity index (χ1n) is 7.11. The lowest BCUT2D eigenvalue weighted by molar-refractivity contribution is -0.141. The zero-order valence-corrected chi connectivity index (χ0v) is 11.7. The van der Waals surface area contributed by atoms with E-state index in [1.165, 1.54) is 4.90 Å². The lowest BCUT2D eigenvalue weighted by Gasteiger charge is -2.24. The number of imide groups is 1. The van der Waals surface area contributed by atoms with Crippen LogP contribution < -0.4 is 14.8 Å². The van der Waals surface area contributed by atoms with Crippen molar-refractivity contribution in [2.45, 2.75) is 12.5 Å². The molecule has 21 heavy (non-hydrogen) atoms. The lowest BCUT2D eigenvalue weighted by atomic mass is 10.1. The Kier molecular flexibility index (Phi) is 2.68. The highest BCUT2D eigenvalue weighted by Crippen LogP contribution is 2.47. The van der Waals surface area contributed by atoms with E-state index in [1.54, 1.807) is 0 Å². The molecule has 4 rings (SSSR count). The van der Waals surface area contributed by atoms with E-state index in [-0.39, 0.29) is 36.5 Å². The number of rotatable bonds is 4. The van der Waals surface area contributed by atoms with Gasteiger partial charge in [0.1, 0.15) is 0 Å². The standard InChI is InChI=1S/C15H16N2O4/c1-16-11(6-17-14(18)9-5-10(9)15(17)19)8-2-3-12-13(4-8)21-7-20-12/h2-4,9-11,16H,5-7H2,1H3. The Morgan fingerprint density at radius 2 is 1.95 bits per heavy atom. The minimum absolute atomic E-state index is 0.0222. The van der Waals surface area contributed by atoms with E-state index in [0.717, 1.165) is 17.7 Å². The predicted octanol–water partition coefficient (Wildman–Crippen LogP) is 0.681. The van der Waals surface area contributed by atoms with Crippen LogP contribution in [0.25, 0.3) is 0 Å². The van der Waals surface area contributed by atoms with Gasteiger partial charge >= 0.3 is 0 Å². The van der Waals surface area contributed by atoms with Crippen molar-refractivity contribution < 1.29 is 19.1 Å². The molecule has 6 nitrogen and oxygen atoms in total. The van der Waals surface area contributed by atoms with Crippen molar-refractivity contribution in [3.05, 3.63) is 23.8 Å². The van der Waals surface area contributed by atoms with Gasteiger partial charge < -0.3 is 14.8 Å². The lowest BCUT2D eigenvalue weighted by Crippen LogP contribution is -2.39. The SMILES string of the molecule is CNC(CN1C(=O)C2CC2C1=O)c1ccc2c(c1)OCO2. The van der Waals surface area contributed by atoms with Gasteiger partial charge in [-0.1, -0.05) is 6.07 Å². The minimum Gasteiger partial charge on any atom is -0.454 e. The molecule has 1 saturated heterocycles. The second-order valence-corrected chi connectivity index (χ2v) is 5.69. The normalized spacial score (nSPS) is 27.0. The van der Waals surface area contributed by atoms with E-state index in [9.17, 15) is 9.59 Å². The zero-order chi connectivity index (χ0) is 14.6. The second-order valence-electron chi connectivity index (χ2n) is 5.69. The molecule has 6 heteroatoms. The van der Waals surface area contributed by atoms with E-state index in [0.29, 0.717) is 12.3 Å². The van der Waals surface area contributed by atoms with Gasteiger partial charge in [0.05, 0.1) is 17.9 Å². The van der Waals surface area contributed by atoms with Gasteiger partial charge in [0.15, 0.2) is 11.5 Å². The molecule has 1 aromatic rings. The smallest absolute Gasteiger partial charge is 0.233 e. The summed E-state index contributed by atoms with van der Waals surface area (Å²) in [6.45, 7) is 0.594. The van der Waals surface area contributed by atoms with E-state index in [4.69, 9.17) is 9.47 Å². The number of nitrogens with one attached hydrogen (secondary N) is 1. The third-order valence-corrected chi connectivity index (χ3v) is 4.47. The molecule has 0 aromatic heterocycles. The molecule has 3 unspecified atom stereocenters. The summed E-state index contributed by atoms with van der Waals surface area (Å²) in [6, 6.07) is 5.58. The number of carbonyl (C=O) groups excluding carboxylic acids is 2. The van der Waals surface area contributed by atoms with E-state index in [2.05, 4.69) is 5.32 Å². The van der Waals surface area contributed by atoms with Crippen molar-refractivity contribution >= 4 is 11.8 Å². The number of likely N-dealkylation sites (tertiary alicyclic amines) is 1. The minimum atomic E-state index is -0.107. The summed E-state index contributed by atoms with van der Waals surface area (Å²) in [5.41, 5.74) is 0.975. The van der Waals surface area contributed by atoms with Crippen LogP contribution in [-0.2, 0) is 9.59 Å². The average molecular weight is 288 g/mol. The fraction of sp³-hybridized carbons (Fsp3) is 0.467. The van der Waals surface area contributed by atoms with Crippen molar-refractivity contribution in [3.8, 4) is 11.5 Å². The molecule has 2 amide bonds. The van der Waals surface area contributed by atoms with Crippen LogP contribution >= 0.6 is 0 Å². The summed E-state index contributed by atoms with van der Waals surface area (Å²) in [5.74, 6) is 1.29. The highest BCUT2D eigenvalue weighted by atomic mass is 16.7. The monoisotopic (exact) mass is 288 g/mol. The molecule has 1 aromatic carbocycles. The van der Waals surface area contributed by atoms with Crippen molar-refractivity contribution in [1.29, 1.82) is 0 Å². The molecule has 0 radical (unpaired) electrons. The number of amides is 2. The number of hydrogen-bond acceptors (Lipinski definition) is 5. The number of nitrogens with zero attached hydrogens (tertiary/aromatic N) is 1. The summed E-state index contributed by atoms with van der Waals surface area (Å²) in [6.07, 6.45) is 0.739. The number of likely N-dealkylation sites (N-methyl/N-ethyl adjacent to an activating group) is 1. The summed E-state index contributed by atoms with van der Waals surface area (Å²) in [4.78, 5) is 25.5. The van der Waals surface area contributed by atoms with Crippen LogP contribution in [0.4, 0.5) is 0 Å². The molecule has 110 valence electrons. The third-order valence-electron chi connectivity index (χ3n) is 4.47. The van der Waals surface area contributed by atoms with Crippen molar-refractivity contribution in [2.75, 3.05) is 20.4 Å². The van der Waals surface area contributed by atoms with Crippen LogP contribution in [0.1, 0.15) is 18.0 Å². The Bertz CT molecular complexity index is 610. The van der Waals surface area contributed by atoms with Crippen LogP contribution in [0, 0.1) is 11.8 Å². The zero-order valence-electron chi connectivity index (χ0n) is 11.7. The molecular formula is C15H16N2O4. The largest absolute Gasteiger partial charge is 0.454 e. The van der Waals surface area contributed by atoms with Gasteiger partial charge in [-0.2, -0.15) is 0 Å². The number of carbonyl (C=O) groups is 2. The molecule has 2 aliphatic heterocycles. The Morgan fingerprint density at radius 3 is 2.67 bits per heavy atom. The van der Waals surface area contributed by atoms with Crippen molar-refractivity contribution in [2.24, 2.45) is 11.8 Å². The Labute approximate surface area is 122 Å². The van der Waals surface area contributed by atoms with Gasteiger partial charge in [-0.15, -0.1) is 0 Å². The first-order chi connectivity index (χ1) is 10.2. The highest BCUT2D eigenvalue weighted by Gasteiger charge is 2.58. The van der Waals surface area contributed by atoms with Crippen LogP contribution in [0.5, 0.6) is 11.5 Å². The maximum Gasteiger partial charge on any atom is 0.233 e. The fourth-order valence-corrected chi connectivity index (χ4v) is 3.11. The number of ether oxygens (including phenoxy) is 2. The third kappa shape index (κ3) is 1.90. The maximum absolute atomic E-state index is 12.1. The molecule has 1 N–H and O–H groups in total. The highest BCUT2D eigenvalue weighted by molar-refractivity contribution is 6.08. The van der Waals surface area contributed by atoms with Gasteiger partial charge in [0.2, 0.25) is 18.6 Å². The van der Waals surface area contributed by atoms with Crippen LogP contribution in [-0.4, -0.2) is 37.1 Å². The Hall–Kier alpha value is -2.08. The molecular weight excluding hydrogens is 272 g/mol. The molecule has 0 bridgehead atoms. The van der Waals surface area contributed by atoms with Gasteiger partial charge in [-0.05, 0) is 31.2 Å². The van der Waals surface area contributed by atoms with E-state index >= 15 is 0 Å². The van der Waals surface area contributed by atoms with Gasteiger partial charge in [0, 0.05) is 6.54 Å².